The average Bonchev–Trinajstić information content (AvgIpc) is 2.39. The van der Waals surface area contributed by atoms with Gasteiger partial charge < -0.3 is 0 Å². The highest BCUT2D eigenvalue weighted by atomic mass is 35.5. The van der Waals surface area contributed by atoms with Crippen LogP contribution in [0.5, 0.6) is 0 Å². The minimum Gasteiger partial charge on any atom is -0.206 e. The predicted octanol–water partition coefficient (Wildman–Crippen LogP) is 2.08. The van der Waals surface area contributed by atoms with Gasteiger partial charge in [0.1, 0.15) is 0 Å². The molecule has 0 fully saturated rings. The van der Waals surface area contributed by atoms with E-state index in [1.54, 1.807) is 29.3 Å². The zero-order valence-corrected chi connectivity index (χ0v) is 13.5. The molecule has 21 heavy (non-hydrogen) atoms. The number of sulfonamides is 2. The third kappa shape index (κ3) is 4.04. The summed E-state index contributed by atoms with van der Waals surface area (Å²) in [6.07, 6.45) is 0. The molecule has 0 atom stereocenters. The normalized spacial score (nSPS) is 11.7. The van der Waals surface area contributed by atoms with Crippen molar-refractivity contribution in [1.29, 1.82) is 0 Å². The Morgan fingerprint density at radius 3 is 1.86 bits per heavy atom. The number of nitrogens with one attached hydrogen (secondary N) is 1. The summed E-state index contributed by atoms with van der Waals surface area (Å²) in [6, 6.07) is 13.5. The minimum atomic E-state index is -4.13. The van der Waals surface area contributed by atoms with Crippen molar-refractivity contribution in [3.8, 4) is 0 Å². The van der Waals surface area contributed by atoms with Crippen LogP contribution in [0.1, 0.15) is 5.56 Å². The van der Waals surface area contributed by atoms with Gasteiger partial charge in [0, 0.05) is 0 Å². The Morgan fingerprint density at radius 2 is 1.29 bits per heavy atom. The monoisotopic (exact) mass is 347 g/mol. The molecule has 0 aliphatic heterocycles. The molecular weight excluding hydrogens is 334 g/mol. The van der Waals surface area contributed by atoms with Crippen LogP contribution in [0.2, 0.25) is 0 Å². The van der Waals surface area contributed by atoms with E-state index in [0.717, 1.165) is 0 Å². The van der Waals surface area contributed by atoms with E-state index in [9.17, 15) is 16.8 Å². The summed E-state index contributed by atoms with van der Waals surface area (Å²) in [5, 5.41) is 0. The Hall–Kier alpha value is -1.41. The van der Waals surface area contributed by atoms with Crippen molar-refractivity contribution in [1.82, 2.24) is 4.13 Å². The van der Waals surface area contributed by atoms with Crippen molar-refractivity contribution in [2.75, 3.05) is 0 Å². The van der Waals surface area contributed by atoms with Gasteiger partial charge in [-0.25, -0.2) is 16.8 Å². The number of halogens is 1. The standard InChI is InChI=1S/C13H13NO4S2.ClH/c1-11-7-5-6-10-13(11)20(17,18)14-19(15,16)12-8-3-2-4-9-12;/h2-10,14H,1H3;1H. The van der Waals surface area contributed by atoms with Gasteiger partial charge in [-0.15, -0.1) is 16.5 Å². The van der Waals surface area contributed by atoms with Gasteiger partial charge in [-0.2, -0.15) is 0 Å². The Labute approximate surface area is 130 Å². The molecule has 114 valence electrons. The highest BCUT2D eigenvalue weighted by Gasteiger charge is 2.25. The molecule has 0 spiro atoms. The first-order valence-electron chi connectivity index (χ1n) is 5.72. The molecule has 8 heteroatoms. The lowest BCUT2D eigenvalue weighted by atomic mass is 10.2. The predicted molar refractivity (Wildman–Crippen MR) is 82.4 cm³/mol. The Kier molecular flexibility index (Phi) is 5.52. The molecule has 5 nitrogen and oxygen atoms in total. The van der Waals surface area contributed by atoms with E-state index >= 15 is 0 Å². The topological polar surface area (TPSA) is 80.3 Å². The first-order valence-corrected chi connectivity index (χ1v) is 8.69. The van der Waals surface area contributed by atoms with E-state index in [1.807, 2.05) is 0 Å². The zero-order valence-electron chi connectivity index (χ0n) is 11.1. The van der Waals surface area contributed by atoms with E-state index in [2.05, 4.69) is 0 Å². The minimum absolute atomic E-state index is 0. The fraction of sp³-hybridized carbons (Fsp3) is 0.0769. The molecule has 2 aromatic carbocycles. The molecule has 0 radical (unpaired) electrons. The van der Waals surface area contributed by atoms with Crippen molar-refractivity contribution in [3.05, 3.63) is 60.2 Å². The first-order chi connectivity index (χ1) is 9.33. The number of rotatable bonds is 4. The van der Waals surface area contributed by atoms with E-state index in [0.29, 0.717) is 5.56 Å². The Balaban J connectivity index is 0.00000220. The third-order valence-corrected chi connectivity index (χ3v) is 6.34. The van der Waals surface area contributed by atoms with Crippen molar-refractivity contribution >= 4 is 32.5 Å². The molecule has 2 aromatic rings. The molecule has 0 saturated carbocycles. The largest absolute Gasteiger partial charge is 0.254 e. The van der Waals surface area contributed by atoms with Crippen LogP contribution in [0, 0.1) is 6.92 Å². The van der Waals surface area contributed by atoms with Crippen LogP contribution >= 0.6 is 12.4 Å². The average molecular weight is 348 g/mol. The highest BCUT2D eigenvalue weighted by molar-refractivity contribution is 8.04. The Bertz CT molecular complexity index is 818. The van der Waals surface area contributed by atoms with E-state index < -0.39 is 20.0 Å². The van der Waals surface area contributed by atoms with Crippen LogP contribution in [-0.2, 0) is 20.0 Å². The second-order valence-electron chi connectivity index (χ2n) is 4.17. The molecule has 0 aliphatic carbocycles. The van der Waals surface area contributed by atoms with Gasteiger partial charge >= 0.3 is 0 Å². The quantitative estimate of drug-likeness (QED) is 0.918. The summed E-state index contributed by atoms with van der Waals surface area (Å²) in [5.74, 6) is 0. The number of hydrogen-bond acceptors (Lipinski definition) is 4. The summed E-state index contributed by atoms with van der Waals surface area (Å²) in [6.45, 7) is 1.60. The molecule has 0 aliphatic rings. The van der Waals surface area contributed by atoms with Gasteiger partial charge in [0.15, 0.2) is 0 Å². The van der Waals surface area contributed by atoms with Gasteiger partial charge in [0.05, 0.1) is 9.79 Å². The van der Waals surface area contributed by atoms with E-state index in [-0.39, 0.29) is 22.2 Å². The molecule has 0 aromatic heterocycles. The van der Waals surface area contributed by atoms with Crippen LogP contribution in [0.25, 0.3) is 0 Å². The van der Waals surface area contributed by atoms with E-state index in [1.165, 1.54) is 36.4 Å². The van der Waals surface area contributed by atoms with Gasteiger partial charge in [0.2, 0.25) is 0 Å². The summed E-state index contributed by atoms with van der Waals surface area (Å²) in [7, 11) is -8.26. The van der Waals surface area contributed by atoms with Gasteiger partial charge in [-0.05, 0) is 30.7 Å². The van der Waals surface area contributed by atoms with Crippen molar-refractivity contribution in [2.24, 2.45) is 0 Å². The second-order valence-corrected chi connectivity index (χ2v) is 7.76. The van der Waals surface area contributed by atoms with Gasteiger partial charge in [-0.1, -0.05) is 36.4 Å². The molecule has 0 saturated heterocycles. The molecule has 0 heterocycles. The van der Waals surface area contributed by atoms with Gasteiger partial charge in [0.25, 0.3) is 20.0 Å². The lowest BCUT2D eigenvalue weighted by Crippen LogP contribution is -2.31. The molecular formula is C13H14ClNO4S2. The number of benzene rings is 2. The summed E-state index contributed by atoms with van der Waals surface area (Å²) in [5.41, 5.74) is 0.475. The number of aryl methyl sites for hydroxylation is 1. The maximum atomic E-state index is 12.2. The SMILES string of the molecule is Cc1ccccc1S(=O)(=O)NS(=O)(=O)c1ccccc1.Cl. The highest BCUT2D eigenvalue weighted by Crippen LogP contribution is 2.16. The van der Waals surface area contributed by atoms with Crippen molar-refractivity contribution in [2.45, 2.75) is 16.7 Å². The van der Waals surface area contributed by atoms with Crippen molar-refractivity contribution in [3.63, 3.8) is 0 Å². The van der Waals surface area contributed by atoms with Gasteiger partial charge in [-0.3, -0.25) is 0 Å². The lowest BCUT2D eigenvalue weighted by Gasteiger charge is -2.09. The van der Waals surface area contributed by atoms with E-state index in [4.69, 9.17) is 0 Å². The van der Waals surface area contributed by atoms with Crippen LogP contribution in [-0.4, -0.2) is 16.8 Å². The molecule has 2 rings (SSSR count). The summed E-state index contributed by atoms with van der Waals surface area (Å²) >= 11 is 0. The van der Waals surface area contributed by atoms with Crippen molar-refractivity contribution < 1.29 is 16.8 Å². The lowest BCUT2D eigenvalue weighted by molar-refractivity contribution is 0.576. The van der Waals surface area contributed by atoms with Crippen LogP contribution in [0.3, 0.4) is 0 Å². The maximum absolute atomic E-state index is 12.2. The molecule has 0 amide bonds. The zero-order chi connectivity index (χ0) is 14.8. The Morgan fingerprint density at radius 1 is 0.762 bits per heavy atom. The molecule has 1 N–H and O–H groups in total. The summed E-state index contributed by atoms with van der Waals surface area (Å²) < 4.78 is 50.1. The number of hydrogen-bond donors (Lipinski definition) is 1. The fourth-order valence-electron chi connectivity index (χ4n) is 1.70. The third-order valence-electron chi connectivity index (χ3n) is 2.66. The second kappa shape index (κ2) is 6.57. The van der Waals surface area contributed by atoms with Crippen LogP contribution in [0.15, 0.2) is 64.4 Å². The molecule has 0 bridgehead atoms. The summed E-state index contributed by atoms with van der Waals surface area (Å²) in [4.78, 5) is -0.156. The maximum Gasteiger partial charge on any atom is 0.254 e. The smallest absolute Gasteiger partial charge is 0.206 e. The van der Waals surface area contributed by atoms with Crippen LogP contribution in [0.4, 0.5) is 0 Å². The first kappa shape index (κ1) is 17.6. The molecule has 0 unspecified atom stereocenters. The van der Waals surface area contributed by atoms with Crippen LogP contribution < -0.4 is 4.13 Å². The fourth-order valence-corrected chi connectivity index (χ4v) is 4.86.